The molecule has 1 fully saturated rings. The first-order valence-electron chi connectivity index (χ1n) is 6.51. The van der Waals surface area contributed by atoms with Gasteiger partial charge in [-0.1, -0.05) is 44.2 Å². The van der Waals surface area contributed by atoms with Crippen molar-refractivity contribution in [2.45, 2.75) is 20.4 Å². The Morgan fingerprint density at radius 2 is 1.50 bits per heavy atom. The maximum absolute atomic E-state index is 9.64. The molecular weight excluding hydrogens is 226 g/mol. The van der Waals surface area contributed by atoms with E-state index in [4.69, 9.17) is 0 Å². The van der Waals surface area contributed by atoms with Crippen LogP contribution in [0.15, 0.2) is 30.3 Å². The van der Waals surface area contributed by atoms with Crippen LogP contribution in [0.4, 0.5) is 0 Å². The van der Waals surface area contributed by atoms with E-state index >= 15 is 0 Å². The van der Waals surface area contributed by atoms with E-state index in [9.17, 15) is 10.2 Å². The molecule has 0 spiro atoms. The lowest BCUT2D eigenvalue weighted by Crippen LogP contribution is -2.41. The van der Waals surface area contributed by atoms with Crippen molar-refractivity contribution in [2.75, 3.05) is 26.3 Å². The molecule has 2 rings (SSSR count). The molecule has 0 amide bonds. The van der Waals surface area contributed by atoms with E-state index < -0.39 is 0 Å². The van der Waals surface area contributed by atoms with Crippen molar-refractivity contribution in [3.05, 3.63) is 35.9 Å². The second-order valence-corrected chi connectivity index (χ2v) is 6.07. The molecule has 1 heterocycles. The lowest BCUT2D eigenvalue weighted by atomic mass is 9.69. The summed E-state index contributed by atoms with van der Waals surface area (Å²) in [4.78, 5) is 2.32. The smallest absolute Gasteiger partial charge is 0.0503 e. The maximum Gasteiger partial charge on any atom is 0.0503 e. The normalized spacial score (nSPS) is 32.9. The van der Waals surface area contributed by atoms with Crippen LogP contribution in [0.1, 0.15) is 19.4 Å². The minimum atomic E-state index is -0.226. The van der Waals surface area contributed by atoms with E-state index in [1.165, 1.54) is 5.56 Å². The summed E-state index contributed by atoms with van der Waals surface area (Å²) >= 11 is 0. The lowest BCUT2D eigenvalue weighted by molar-refractivity contribution is 0.00976. The highest BCUT2D eigenvalue weighted by Crippen LogP contribution is 2.45. The zero-order valence-electron chi connectivity index (χ0n) is 11.3. The first-order chi connectivity index (χ1) is 8.53. The van der Waals surface area contributed by atoms with Crippen LogP contribution in [-0.2, 0) is 6.54 Å². The Morgan fingerprint density at radius 3 is 1.94 bits per heavy atom. The zero-order chi connectivity index (χ0) is 13.2. The van der Waals surface area contributed by atoms with Crippen LogP contribution in [0.2, 0.25) is 0 Å². The van der Waals surface area contributed by atoms with Gasteiger partial charge in [-0.2, -0.15) is 0 Å². The highest BCUT2D eigenvalue weighted by atomic mass is 16.3. The second-order valence-electron chi connectivity index (χ2n) is 6.07. The Bertz CT molecular complexity index is 377. The molecule has 3 nitrogen and oxygen atoms in total. The molecule has 100 valence electrons. The highest BCUT2D eigenvalue weighted by Gasteiger charge is 2.51. The van der Waals surface area contributed by atoms with Crippen molar-refractivity contribution in [2.24, 2.45) is 10.8 Å². The van der Waals surface area contributed by atoms with E-state index in [0.717, 1.165) is 19.6 Å². The van der Waals surface area contributed by atoms with E-state index in [0.29, 0.717) is 0 Å². The van der Waals surface area contributed by atoms with E-state index in [1.807, 2.05) is 18.2 Å². The third kappa shape index (κ3) is 2.30. The maximum atomic E-state index is 9.64. The molecule has 0 aromatic heterocycles. The number of hydrogen-bond donors (Lipinski definition) is 2. The van der Waals surface area contributed by atoms with E-state index in [2.05, 4.69) is 30.9 Å². The van der Waals surface area contributed by atoms with Gasteiger partial charge in [-0.3, -0.25) is 4.90 Å². The molecule has 1 aliphatic rings. The summed E-state index contributed by atoms with van der Waals surface area (Å²) in [6.45, 7) is 6.91. The zero-order valence-corrected chi connectivity index (χ0v) is 11.3. The Kier molecular flexibility index (Phi) is 3.76. The van der Waals surface area contributed by atoms with Gasteiger partial charge < -0.3 is 10.2 Å². The molecule has 0 saturated carbocycles. The van der Waals surface area contributed by atoms with E-state index in [1.54, 1.807) is 0 Å². The van der Waals surface area contributed by atoms with Crippen LogP contribution in [-0.4, -0.2) is 41.4 Å². The summed E-state index contributed by atoms with van der Waals surface area (Å²) in [5.74, 6) is 0. The SMILES string of the molecule is CC1(CO)CN(Cc2ccccc2)CC1(C)CO. The Labute approximate surface area is 109 Å². The monoisotopic (exact) mass is 249 g/mol. The fourth-order valence-electron chi connectivity index (χ4n) is 2.86. The predicted molar refractivity (Wildman–Crippen MR) is 72.1 cm³/mol. The topological polar surface area (TPSA) is 43.7 Å². The molecule has 1 aromatic rings. The third-order valence-electron chi connectivity index (χ3n) is 4.55. The fourth-order valence-corrected chi connectivity index (χ4v) is 2.86. The third-order valence-corrected chi connectivity index (χ3v) is 4.55. The summed E-state index contributed by atoms with van der Waals surface area (Å²) in [5.41, 5.74) is 0.826. The van der Waals surface area contributed by atoms with Crippen molar-refractivity contribution in [1.82, 2.24) is 4.90 Å². The molecule has 0 bridgehead atoms. The van der Waals surface area contributed by atoms with Crippen molar-refractivity contribution in [3.63, 3.8) is 0 Å². The number of likely N-dealkylation sites (tertiary alicyclic amines) is 1. The minimum absolute atomic E-state index is 0.120. The van der Waals surface area contributed by atoms with Crippen molar-refractivity contribution in [1.29, 1.82) is 0 Å². The fraction of sp³-hybridized carbons (Fsp3) is 0.600. The number of hydrogen-bond acceptors (Lipinski definition) is 3. The van der Waals surface area contributed by atoms with E-state index in [-0.39, 0.29) is 24.0 Å². The van der Waals surface area contributed by atoms with Gasteiger partial charge in [-0.05, 0) is 5.56 Å². The van der Waals surface area contributed by atoms with Gasteiger partial charge in [0, 0.05) is 30.5 Å². The van der Waals surface area contributed by atoms with Crippen LogP contribution < -0.4 is 0 Å². The van der Waals surface area contributed by atoms with Crippen molar-refractivity contribution < 1.29 is 10.2 Å². The summed E-state index contributed by atoms with van der Waals surface area (Å²) in [5, 5.41) is 19.3. The first-order valence-corrected chi connectivity index (χ1v) is 6.51. The highest BCUT2D eigenvalue weighted by molar-refractivity contribution is 5.15. The Balaban J connectivity index is 2.10. The molecule has 3 heteroatoms. The van der Waals surface area contributed by atoms with Gasteiger partial charge >= 0.3 is 0 Å². The van der Waals surface area contributed by atoms with Gasteiger partial charge in [-0.25, -0.2) is 0 Å². The van der Waals surface area contributed by atoms with Gasteiger partial charge in [0.2, 0.25) is 0 Å². The van der Waals surface area contributed by atoms with Crippen LogP contribution in [0.3, 0.4) is 0 Å². The molecular formula is C15H23NO2. The average Bonchev–Trinajstić information content (AvgIpc) is 2.63. The summed E-state index contributed by atoms with van der Waals surface area (Å²) in [6, 6.07) is 10.3. The second kappa shape index (κ2) is 5.00. The predicted octanol–water partition coefficient (Wildman–Crippen LogP) is 1.50. The molecule has 2 atom stereocenters. The largest absolute Gasteiger partial charge is 0.396 e. The molecule has 18 heavy (non-hydrogen) atoms. The standard InChI is InChI=1S/C15H23NO2/c1-14(11-17)9-16(10-15(14,2)12-18)8-13-6-4-3-5-7-13/h3-7,17-18H,8-12H2,1-2H3. The van der Waals surface area contributed by atoms with Crippen molar-refractivity contribution in [3.8, 4) is 0 Å². The molecule has 0 radical (unpaired) electrons. The molecule has 2 N–H and O–H groups in total. The van der Waals surface area contributed by atoms with Gasteiger partial charge in [0.25, 0.3) is 0 Å². The number of rotatable bonds is 4. The first kappa shape index (κ1) is 13.5. The molecule has 0 aliphatic carbocycles. The summed E-state index contributed by atoms with van der Waals surface area (Å²) in [6.07, 6.45) is 0. The quantitative estimate of drug-likeness (QED) is 0.850. The van der Waals surface area contributed by atoms with Crippen LogP contribution in [0.5, 0.6) is 0 Å². The number of benzene rings is 1. The average molecular weight is 249 g/mol. The van der Waals surface area contributed by atoms with Gasteiger partial charge in [0.05, 0.1) is 13.2 Å². The van der Waals surface area contributed by atoms with Crippen molar-refractivity contribution >= 4 is 0 Å². The Morgan fingerprint density at radius 1 is 1.00 bits per heavy atom. The number of aliphatic hydroxyl groups excluding tert-OH is 2. The lowest BCUT2D eigenvalue weighted by Gasteiger charge is -2.36. The summed E-state index contributed by atoms with van der Waals surface area (Å²) < 4.78 is 0. The molecule has 1 saturated heterocycles. The number of aliphatic hydroxyl groups is 2. The molecule has 1 aliphatic heterocycles. The van der Waals surface area contributed by atoms with Gasteiger partial charge in [-0.15, -0.1) is 0 Å². The molecule has 1 aromatic carbocycles. The molecule has 2 unspecified atom stereocenters. The van der Waals surface area contributed by atoms with Gasteiger partial charge in [0.1, 0.15) is 0 Å². The van der Waals surface area contributed by atoms with Gasteiger partial charge in [0.15, 0.2) is 0 Å². The van der Waals surface area contributed by atoms with Crippen LogP contribution in [0, 0.1) is 10.8 Å². The summed E-state index contributed by atoms with van der Waals surface area (Å²) in [7, 11) is 0. The number of nitrogens with zero attached hydrogens (tertiary/aromatic N) is 1. The minimum Gasteiger partial charge on any atom is -0.396 e. The van der Waals surface area contributed by atoms with Crippen LogP contribution >= 0.6 is 0 Å². The van der Waals surface area contributed by atoms with Crippen LogP contribution in [0.25, 0.3) is 0 Å². The Hall–Kier alpha value is -0.900.